The van der Waals surface area contributed by atoms with Crippen molar-refractivity contribution in [3.05, 3.63) is 75.7 Å². The number of thiazole rings is 1. The molecule has 2 aromatic carbocycles. The van der Waals surface area contributed by atoms with Gasteiger partial charge < -0.3 is 4.57 Å². The van der Waals surface area contributed by atoms with Crippen molar-refractivity contribution in [2.24, 2.45) is 12.0 Å². The number of amides is 1. The number of hydrogen-bond acceptors (Lipinski definition) is 2. The van der Waals surface area contributed by atoms with E-state index in [1.165, 1.54) is 23.5 Å². The number of rotatable bonds is 3. The van der Waals surface area contributed by atoms with Gasteiger partial charge in [-0.1, -0.05) is 49.4 Å². The summed E-state index contributed by atoms with van der Waals surface area (Å²) in [6, 6.07) is 15.9. The number of aromatic nitrogens is 1. The Bertz CT molecular complexity index is 942. The first-order valence-corrected chi connectivity index (χ1v) is 8.51. The molecule has 24 heavy (non-hydrogen) atoms. The van der Waals surface area contributed by atoms with Gasteiger partial charge in [0.25, 0.3) is 5.91 Å². The van der Waals surface area contributed by atoms with Gasteiger partial charge in [0.1, 0.15) is 5.82 Å². The maximum Gasteiger partial charge on any atom is 0.282 e. The smallest absolute Gasteiger partial charge is 0.282 e. The van der Waals surface area contributed by atoms with Gasteiger partial charge in [0.05, 0.1) is 11.3 Å². The molecule has 0 bridgehead atoms. The second-order valence-corrected chi connectivity index (χ2v) is 6.39. The minimum absolute atomic E-state index is 0.00907. The summed E-state index contributed by atoms with van der Waals surface area (Å²) in [5.41, 5.74) is 2.11. The predicted molar refractivity (Wildman–Crippen MR) is 94.4 cm³/mol. The first kappa shape index (κ1) is 16.3. The van der Waals surface area contributed by atoms with E-state index in [1.54, 1.807) is 12.1 Å². The second kappa shape index (κ2) is 6.93. The van der Waals surface area contributed by atoms with Crippen LogP contribution in [0.25, 0.3) is 11.3 Å². The van der Waals surface area contributed by atoms with Gasteiger partial charge in [-0.15, -0.1) is 11.3 Å². The lowest BCUT2D eigenvalue weighted by atomic mass is 10.1. The summed E-state index contributed by atoms with van der Waals surface area (Å²) in [5.74, 6) is -1.11. The van der Waals surface area contributed by atoms with Crippen LogP contribution in [-0.4, -0.2) is 10.5 Å². The van der Waals surface area contributed by atoms with Crippen molar-refractivity contribution in [1.82, 2.24) is 4.57 Å². The molecule has 1 aromatic heterocycles. The molecule has 3 aromatic rings. The van der Waals surface area contributed by atoms with E-state index < -0.39 is 11.7 Å². The van der Waals surface area contributed by atoms with Gasteiger partial charge in [-0.2, -0.15) is 4.99 Å². The Morgan fingerprint density at radius 2 is 1.79 bits per heavy atom. The molecule has 1 amide bonds. The highest BCUT2D eigenvalue weighted by atomic mass is 32.1. The van der Waals surface area contributed by atoms with Gasteiger partial charge in [0.15, 0.2) is 4.80 Å². The topological polar surface area (TPSA) is 34.4 Å². The summed E-state index contributed by atoms with van der Waals surface area (Å²) < 4.78 is 15.7. The van der Waals surface area contributed by atoms with Crippen LogP contribution in [0.3, 0.4) is 0 Å². The molecule has 0 N–H and O–H groups in total. The van der Waals surface area contributed by atoms with Crippen molar-refractivity contribution < 1.29 is 9.18 Å². The summed E-state index contributed by atoms with van der Waals surface area (Å²) >= 11 is 1.46. The van der Waals surface area contributed by atoms with Crippen LogP contribution in [0, 0.1) is 5.82 Å². The Hall–Kier alpha value is -2.53. The van der Waals surface area contributed by atoms with E-state index in [-0.39, 0.29) is 5.56 Å². The molecule has 0 radical (unpaired) electrons. The fourth-order valence-corrected chi connectivity index (χ4v) is 3.65. The van der Waals surface area contributed by atoms with Crippen molar-refractivity contribution in [3.63, 3.8) is 0 Å². The van der Waals surface area contributed by atoms with Crippen molar-refractivity contribution in [3.8, 4) is 11.3 Å². The molecule has 0 aliphatic carbocycles. The molecule has 3 rings (SSSR count). The van der Waals surface area contributed by atoms with Gasteiger partial charge >= 0.3 is 0 Å². The van der Waals surface area contributed by atoms with E-state index in [2.05, 4.69) is 11.9 Å². The normalized spacial score (nSPS) is 11.7. The lowest BCUT2D eigenvalue weighted by molar-refractivity contribution is 0.0994. The Morgan fingerprint density at radius 3 is 2.46 bits per heavy atom. The third kappa shape index (κ3) is 3.08. The molecular weight excluding hydrogens is 323 g/mol. The van der Waals surface area contributed by atoms with E-state index in [9.17, 15) is 9.18 Å². The third-order valence-corrected chi connectivity index (χ3v) is 5.05. The molecule has 0 unspecified atom stereocenters. The number of nitrogens with zero attached hydrogens (tertiary/aromatic N) is 2. The number of aryl methyl sites for hydroxylation is 1. The number of halogens is 1. The number of carbonyl (C=O) groups is 1. The number of hydrogen-bond donors (Lipinski definition) is 0. The van der Waals surface area contributed by atoms with Crippen LogP contribution in [0.2, 0.25) is 0 Å². The van der Waals surface area contributed by atoms with Gasteiger partial charge in [0, 0.05) is 11.9 Å². The zero-order valence-corrected chi connectivity index (χ0v) is 14.3. The first-order valence-electron chi connectivity index (χ1n) is 7.69. The fourth-order valence-electron chi connectivity index (χ4n) is 2.58. The fraction of sp³-hybridized carbons (Fsp3) is 0.158. The lowest BCUT2D eigenvalue weighted by Crippen LogP contribution is -2.15. The molecule has 0 atom stereocenters. The number of carbonyl (C=O) groups excluding carboxylic acids is 1. The summed E-state index contributed by atoms with van der Waals surface area (Å²) in [7, 11) is 1.88. The molecule has 0 aliphatic rings. The van der Waals surface area contributed by atoms with Crippen molar-refractivity contribution in [2.75, 3.05) is 0 Å². The standard InChI is InChI=1S/C19H17FN2OS/c1-3-16-17(13-9-5-4-6-10-13)22(2)19(24-16)21-18(23)14-11-7-8-12-15(14)20/h4-12H,3H2,1-2H3. The highest BCUT2D eigenvalue weighted by molar-refractivity contribution is 7.09. The van der Waals surface area contributed by atoms with Crippen LogP contribution >= 0.6 is 11.3 Å². The second-order valence-electron chi connectivity index (χ2n) is 5.33. The van der Waals surface area contributed by atoms with E-state index in [0.717, 1.165) is 22.6 Å². The highest BCUT2D eigenvalue weighted by Crippen LogP contribution is 2.25. The van der Waals surface area contributed by atoms with Crippen LogP contribution in [0.1, 0.15) is 22.2 Å². The molecule has 1 heterocycles. The average molecular weight is 340 g/mol. The minimum atomic E-state index is -0.563. The highest BCUT2D eigenvalue weighted by Gasteiger charge is 2.14. The zero-order chi connectivity index (χ0) is 17.1. The predicted octanol–water partition coefficient (Wildman–Crippen LogP) is 4.20. The molecule has 0 spiro atoms. The summed E-state index contributed by atoms with van der Waals surface area (Å²) in [4.78, 5) is 18.2. The molecule has 0 aliphatic heterocycles. The average Bonchev–Trinajstić information content (AvgIpc) is 2.91. The van der Waals surface area contributed by atoms with Gasteiger partial charge in [0.2, 0.25) is 0 Å². The van der Waals surface area contributed by atoms with Gasteiger partial charge in [-0.25, -0.2) is 4.39 Å². The van der Waals surface area contributed by atoms with E-state index in [4.69, 9.17) is 0 Å². The van der Waals surface area contributed by atoms with Crippen LogP contribution in [0.15, 0.2) is 59.6 Å². The van der Waals surface area contributed by atoms with Gasteiger partial charge in [-0.05, 0) is 24.1 Å². The molecule has 0 saturated carbocycles. The van der Waals surface area contributed by atoms with Crippen molar-refractivity contribution in [1.29, 1.82) is 0 Å². The first-order chi connectivity index (χ1) is 11.6. The molecule has 3 nitrogen and oxygen atoms in total. The minimum Gasteiger partial charge on any atom is -0.319 e. The molecule has 0 saturated heterocycles. The molecule has 5 heteroatoms. The van der Waals surface area contributed by atoms with E-state index >= 15 is 0 Å². The number of benzene rings is 2. The van der Waals surface area contributed by atoms with Crippen molar-refractivity contribution in [2.45, 2.75) is 13.3 Å². The van der Waals surface area contributed by atoms with Crippen LogP contribution in [-0.2, 0) is 13.5 Å². The Balaban J connectivity index is 2.11. The maximum atomic E-state index is 13.8. The largest absolute Gasteiger partial charge is 0.319 e. The van der Waals surface area contributed by atoms with Gasteiger partial charge in [-0.3, -0.25) is 4.79 Å². The summed E-state index contributed by atoms with van der Waals surface area (Å²) in [5, 5.41) is 0. The summed E-state index contributed by atoms with van der Waals surface area (Å²) in [6.07, 6.45) is 0.839. The SMILES string of the molecule is CCc1sc(=NC(=O)c2ccccc2F)n(C)c1-c1ccccc1. The van der Waals surface area contributed by atoms with E-state index in [0.29, 0.717) is 4.80 Å². The molecule has 122 valence electrons. The van der Waals surface area contributed by atoms with E-state index in [1.807, 2.05) is 41.9 Å². The summed E-state index contributed by atoms with van der Waals surface area (Å²) in [6.45, 7) is 2.07. The molecular formula is C19H17FN2OS. The quantitative estimate of drug-likeness (QED) is 0.704. The zero-order valence-electron chi connectivity index (χ0n) is 13.5. The molecule has 0 fully saturated rings. The van der Waals surface area contributed by atoms with Crippen LogP contribution in [0.5, 0.6) is 0 Å². The van der Waals surface area contributed by atoms with Crippen LogP contribution < -0.4 is 4.80 Å². The Morgan fingerprint density at radius 1 is 1.12 bits per heavy atom. The van der Waals surface area contributed by atoms with Crippen molar-refractivity contribution >= 4 is 17.2 Å². The lowest BCUT2D eigenvalue weighted by Gasteiger charge is -2.05. The third-order valence-electron chi connectivity index (χ3n) is 3.77. The monoisotopic (exact) mass is 340 g/mol. The maximum absolute atomic E-state index is 13.8. The van der Waals surface area contributed by atoms with Crippen LogP contribution in [0.4, 0.5) is 4.39 Å². The Labute approximate surface area is 143 Å². The Kier molecular flexibility index (Phi) is 4.71.